The van der Waals surface area contributed by atoms with E-state index in [-0.39, 0.29) is 17.1 Å². The number of aromatic amines is 2. The van der Waals surface area contributed by atoms with Gasteiger partial charge in [-0.15, -0.1) is 0 Å². The van der Waals surface area contributed by atoms with E-state index >= 15 is 0 Å². The summed E-state index contributed by atoms with van der Waals surface area (Å²) in [7, 11) is 0. The van der Waals surface area contributed by atoms with Gasteiger partial charge in [0.2, 0.25) is 0 Å². The quantitative estimate of drug-likeness (QED) is 0.667. The molecule has 2 aromatic heterocycles. The van der Waals surface area contributed by atoms with Crippen LogP contribution < -0.4 is 8.84 Å². The summed E-state index contributed by atoms with van der Waals surface area (Å²) in [6, 6.07) is 0. The van der Waals surface area contributed by atoms with Crippen molar-refractivity contribution in [3.63, 3.8) is 0 Å². The topological polar surface area (TPSA) is 57.4 Å². The number of hydrogen-bond acceptors (Lipinski definition) is 2. The maximum absolute atomic E-state index is 4.12. The number of H-pyrrole nitrogens is 2. The Balaban J connectivity index is 2.14. The Bertz CT molecular complexity index is 267. The zero-order valence-corrected chi connectivity index (χ0v) is 7.30. The Morgan fingerprint density at radius 2 is 1.55 bits per heavy atom. The van der Waals surface area contributed by atoms with Gasteiger partial charge in [0, 0.05) is 0 Å². The van der Waals surface area contributed by atoms with Crippen LogP contribution in [0.15, 0.2) is 24.8 Å². The van der Waals surface area contributed by atoms with Gasteiger partial charge in [-0.05, 0) is 0 Å². The molecule has 0 bridgehead atoms. The average molecular weight is 235 g/mol. The summed E-state index contributed by atoms with van der Waals surface area (Å²) >= 11 is -0.0539. The fourth-order valence-electron chi connectivity index (χ4n) is 0.660. The third-order valence-corrected chi connectivity index (χ3v) is 2.86. The van der Waals surface area contributed by atoms with Crippen molar-refractivity contribution in [1.29, 1.82) is 0 Å². The molecule has 2 rings (SSSR count). The average Bonchev–Trinajstić information content (AvgIpc) is 2.60. The fraction of sp³-hybridized carbons (Fsp3) is 0. The van der Waals surface area contributed by atoms with Crippen molar-refractivity contribution < 1.29 is 17.1 Å². The summed E-state index contributed by atoms with van der Waals surface area (Å²) in [5, 5.41) is 0. The van der Waals surface area contributed by atoms with Crippen molar-refractivity contribution in [2.24, 2.45) is 0 Å². The normalized spacial score (nSPS) is 10.5. The summed E-state index contributed by atoms with van der Waals surface area (Å²) < 4.78 is 2.04. The molecule has 0 amide bonds. The molecule has 0 aromatic carbocycles. The molecule has 0 spiro atoms. The van der Waals surface area contributed by atoms with E-state index in [2.05, 4.69) is 19.9 Å². The fourth-order valence-corrected chi connectivity index (χ4v) is 2.07. The molecule has 4 nitrogen and oxygen atoms in total. The Morgan fingerprint density at radius 1 is 1.00 bits per heavy atom. The van der Waals surface area contributed by atoms with E-state index in [0.717, 1.165) is 8.84 Å². The van der Waals surface area contributed by atoms with Crippen LogP contribution in [0.5, 0.6) is 0 Å². The molecule has 2 aromatic rings. The van der Waals surface area contributed by atoms with Crippen molar-refractivity contribution in [3.05, 3.63) is 24.8 Å². The Kier molecular flexibility index (Phi) is 1.82. The van der Waals surface area contributed by atoms with E-state index in [1.54, 1.807) is 12.4 Å². The van der Waals surface area contributed by atoms with Gasteiger partial charge in [-0.3, -0.25) is 0 Å². The van der Waals surface area contributed by atoms with Crippen LogP contribution in [0.2, 0.25) is 0 Å². The number of nitrogens with zero attached hydrogens (tertiary/aromatic N) is 2. The van der Waals surface area contributed by atoms with Gasteiger partial charge in [0.05, 0.1) is 0 Å². The summed E-state index contributed by atoms with van der Waals surface area (Å²) in [6.07, 6.45) is 7.17. The molecular formula is C6H6N4Ru. The van der Waals surface area contributed by atoms with Gasteiger partial charge < -0.3 is 0 Å². The summed E-state index contributed by atoms with van der Waals surface area (Å²) in [6.45, 7) is 0. The van der Waals surface area contributed by atoms with Crippen LogP contribution in [-0.2, 0) is 17.1 Å². The maximum atomic E-state index is 4.12. The molecule has 0 fully saturated rings. The molecule has 0 aliphatic rings. The second kappa shape index (κ2) is 2.97. The van der Waals surface area contributed by atoms with Gasteiger partial charge >= 0.3 is 70.7 Å². The molecule has 0 saturated heterocycles. The van der Waals surface area contributed by atoms with Crippen LogP contribution >= 0.6 is 0 Å². The molecule has 58 valence electrons. The molecule has 2 heterocycles. The second-order valence-corrected chi connectivity index (χ2v) is 3.91. The SMILES string of the molecule is c1c[nH][c]([Ru][c]2ncc[nH]2)n1. The molecule has 2 N–H and O–H groups in total. The first kappa shape index (κ1) is 6.73. The van der Waals surface area contributed by atoms with Gasteiger partial charge in [-0.25, -0.2) is 0 Å². The molecule has 0 saturated carbocycles. The molecular weight excluding hydrogens is 229 g/mol. The van der Waals surface area contributed by atoms with Crippen molar-refractivity contribution in [3.8, 4) is 0 Å². The number of aromatic nitrogens is 4. The van der Waals surface area contributed by atoms with Gasteiger partial charge in [-0.1, -0.05) is 0 Å². The third kappa shape index (κ3) is 1.54. The summed E-state index contributed by atoms with van der Waals surface area (Å²) in [5.74, 6) is 0. The van der Waals surface area contributed by atoms with E-state index in [1.807, 2.05) is 12.4 Å². The number of imidazole rings is 2. The Morgan fingerprint density at radius 3 is 1.91 bits per heavy atom. The predicted molar refractivity (Wildman–Crippen MR) is 36.4 cm³/mol. The zero-order valence-electron chi connectivity index (χ0n) is 5.56. The first-order valence-electron chi connectivity index (χ1n) is 3.06. The Labute approximate surface area is 71.1 Å². The second-order valence-electron chi connectivity index (χ2n) is 1.83. The van der Waals surface area contributed by atoms with Crippen LogP contribution in [0, 0.1) is 0 Å². The monoisotopic (exact) mass is 236 g/mol. The van der Waals surface area contributed by atoms with Gasteiger partial charge in [-0.2, -0.15) is 0 Å². The van der Waals surface area contributed by atoms with E-state index in [1.165, 1.54) is 0 Å². The van der Waals surface area contributed by atoms with E-state index in [4.69, 9.17) is 0 Å². The zero-order chi connectivity index (χ0) is 7.52. The third-order valence-electron chi connectivity index (χ3n) is 1.08. The first-order chi connectivity index (χ1) is 5.45. The first-order valence-corrected chi connectivity index (χ1v) is 4.80. The van der Waals surface area contributed by atoms with Crippen molar-refractivity contribution in [2.75, 3.05) is 0 Å². The van der Waals surface area contributed by atoms with E-state index in [9.17, 15) is 0 Å². The molecule has 0 radical (unpaired) electrons. The molecule has 0 atom stereocenters. The van der Waals surface area contributed by atoms with Gasteiger partial charge in [0.1, 0.15) is 0 Å². The molecule has 0 aliphatic heterocycles. The predicted octanol–water partition coefficient (Wildman–Crippen LogP) is -0.834. The number of nitrogens with one attached hydrogen (secondary N) is 2. The van der Waals surface area contributed by atoms with Crippen LogP contribution in [0.4, 0.5) is 0 Å². The number of rotatable bonds is 2. The van der Waals surface area contributed by atoms with Crippen molar-refractivity contribution >= 4 is 8.84 Å². The molecule has 5 heteroatoms. The van der Waals surface area contributed by atoms with E-state index in [0.29, 0.717) is 0 Å². The van der Waals surface area contributed by atoms with Crippen molar-refractivity contribution in [2.45, 2.75) is 0 Å². The summed E-state index contributed by atoms with van der Waals surface area (Å²) in [5.41, 5.74) is 0. The Hall–Kier alpha value is -0.957. The van der Waals surface area contributed by atoms with Gasteiger partial charge in [0.15, 0.2) is 0 Å². The van der Waals surface area contributed by atoms with Gasteiger partial charge in [0.25, 0.3) is 0 Å². The minimum atomic E-state index is -0.0539. The van der Waals surface area contributed by atoms with Crippen LogP contribution in [0.3, 0.4) is 0 Å². The van der Waals surface area contributed by atoms with Crippen LogP contribution in [-0.4, -0.2) is 19.9 Å². The molecule has 0 unspecified atom stereocenters. The number of hydrogen-bond donors (Lipinski definition) is 2. The molecule has 11 heavy (non-hydrogen) atoms. The standard InChI is InChI=1S/2C3H3N2.Ru/c2*1-2-5-3-4-1;/h2*1-2H,(H,4,5);. The van der Waals surface area contributed by atoms with E-state index < -0.39 is 0 Å². The van der Waals surface area contributed by atoms with Crippen molar-refractivity contribution in [1.82, 2.24) is 19.9 Å². The van der Waals surface area contributed by atoms with Crippen LogP contribution in [0.25, 0.3) is 0 Å². The summed E-state index contributed by atoms with van der Waals surface area (Å²) in [4.78, 5) is 14.3. The minimum absolute atomic E-state index is 0.0539. The molecule has 0 aliphatic carbocycles. The van der Waals surface area contributed by atoms with Crippen LogP contribution in [0.1, 0.15) is 0 Å².